The van der Waals surface area contributed by atoms with Crippen molar-refractivity contribution in [2.24, 2.45) is 5.16 Å². The molecule has 1 aromatic rings. The van der Waals surface area contributed by atoms with Gasteiger partial charge in [-0.1, -0.05) is 0 Å². The summed E-state index contributed by atoms with van der Waals surface area (Å²) in [7, 11) is 0. The molecule has 116 valence electrons. The van der Waals surface area contributed by atoms with Crippen molar-refractivity contribution in [2.45, 2.75) is 0 Å². The lowest BCUT2D eigenvalue weighted by Gasteiger charge is -2.17. The summed E-state index contributed by atoms with van der Waals surface area (Å²) in [6.45, 7) is 0. The zero-order valence-corrected chi connectivity index (χ0v) is 12.2. The normalized spacial score (nSPS) is 10.9. The second kappa shape index (κ2) is 6.71. The maximum Gasteiger partial charge on any atom is 0.534 e. The Hall–Kier alpha value is -2.89. The lowest BCUT2D eigenvalue weighted by molar-refractivity contribution is -0.350. The van der Waals surface area contributed by atoms with Crippen LogP contribution >= 0.6 is 15.9 Å². The number of halogens is 2. The van der Waals surface area contributed by atoms with Crippen molar-refractivity contribution < 1.29 is 29.8 Å². The lowest BCUT2D eigenvalue weighted by Crippen LogP contribution is -2.57. The van der Waals surface area contributed by atoms with Gasteiger partial charge >= 0.3 is 22.8 Å². The van der Waals surface area contributed by atoms with Crippen molar-refractivity contribution in [3.8, 4) is 0 Å². The molecule has 1 aromatic carbocycles. The van der Waals surface area contributed by atoms with Gasteiger partial charge in [0.25, 0.3) is 0 Å². The van der Waals surface area contributed by atoms with E-state index in [0.717, 1.165) is 18.2 Å². The Bertz CT molecular complexity index is 707. The number of rotatable bonds is 3. The fourth-order valence-corrected chi connectivity index (χ4v) is 1.75. The first kappa shape index (κ1) is 17.2. The topological polar surface area (TPSA) is 168 Å². The smallest absolute Gasteiger partial charge is 0.464 e. The highest BCUT2D eigenvalue weighted by molar-refractivity contribution is 9.10. The predicted molar refractivity (Wildman–Crippen MR) is 77.3 cm³/mol. The van der Waals surface area contributed by atoms with E-state index in [1.165, 1.54) is 0 Å². The van der Waals surface area contributed by atoms with Gasteiger partial charge in [-0.05, 0) is 39.1 Å². The quantitative estimate of drug-likeness (QED) is 0.213. The van der Waals surface area contributed by atoms with Gasteiger partial charge < -0.3 is 20.4 Å². The average molecular weight is 378 g/mol. The maximum absolute atomic E-state index is 13.2. The van der Waals surface area contributed by atoms with Gasteiger partial charge in [0.1, 0.15) is 5.82 Å². The molecule has 0 unspecified atom stereocenters. The molecule has 0 spiro atoms. The summed E-state index contributed by atoms with van der Waals surface area (Å²) < 4.78 is 13.1. The number of nitrogens with one attached hydrogen (secondary N) is 1. The molecule has 0 radical (unpaired) electrons. The second-order valence-corrected chi connectivity index (χ2v) is 4.53. The van der Waals surface area contributed by atoms with Crippen LogP contribution in [-0.2, 0) is 0 Å². The van der Waals surface area contributed by atoms with Crippen LogP contribution in [0.3, 0.4) is 0 Å². The fourth-order valence-electron chi connectivity index (χ4n) is 1.39. The number of hydrogen-bond donors (Lipinski definition) is 3. The van der Waals surface area contributed by atoms with Gasteiger partial charge in [-0.2, -0.15) is 0 Å². The number of nitro groups is 1. The standard InChI is InChI=1S/C10H7BrFN5O5/c11-5-3-4(1-2-6(5)12)16(10(18)19)8(14)7(13)9(15-20)17(21)22/h1-3,13-14,20H,(H,18,19)/p+2/b13-7?,14-8?,15-9+. The van der Waals surface area contributed by atoms with Crippen molar-refractivity contribution >= 4 is 45.1 Å². The molecule has 0 bridgehead atoms. The molecule has 1 rings (SSSR count). The number of carboxylic acid groups (broad SMARTS) is 1. The molecule has 22 heavy (non-hydrogen) atoms. The molecule has 0 heterocycles. The van der Waals surface area contributed by atoms with Gasteiger partial charge in [0.2, 0.25) is 5.84 Å². The van der Waals surface area contributed by atoms with Gasteiger partial charge in [-0.3, -0.25) is 5.41 Å². The Morgan fingerprint density at radius 3 is 2.59 bits per heavy atom. The van der Waals surface area contributed by atoms with Crippen molar-refractivity contribution in [2.75, 3.05) is 4.90 Å². The second-order valence-electron chi connectivity index (χ2n) is 3.67. The minimum absolute atomic E-state index is 0.0775. The van der Waals surface area contributed by atoms with E-state index in [4.69, 9.17) is 21.1 Å². The van der Waals surface area contributed by atoms with Crippen molar-refractivity contribution in [1.82, 2.24) is 0 Å². The highest BCUT2D eigenvalue weighted by Crippen LogP contribution is 2.23. The molecular weight excluding hydrogens is 369 g/mol. The number of nitrogens with two attached hydrogens (primary N) is 1. The molecule has 1 amide bonds. The van der Waals surface area contributed by atoms with E-state index in [-0.39, 0.29) is 15.1 Å². The Labute approximate surface area is 129 Å². The van der Waals surface area contributed by atoms with Crippen LogP contribution in [0.1, 0.15) is 0 Å². The number of hydrogen-bond acceptors (Lipinski definition) is 5. The number of amidine groups is 2. The maximum atomic E-state index is 13.2. The molecule has 6 N–H and O–H groups in total. The first-order chi connectivity index (χ1) is 10.2. The molecule has 12 heteroatoms. The van der Waals surface area contributed by atoms with Crippen LogP contribution in [-0.4, -0.2) is 38.7 Å². The van der Waals surface area contributed by atoms with E-state index in [2.05, 4.69) is 21.1 Å². The van der Waals surface area contributed by atoms with Crippen LogP contribution in [0.4, 0.5) is 14.9 Å². The summed E-state index contributed by atoms with van der Waals surface area (Å²) in [6.07, 6.45) is -1.68. The van der Waals surface area contributed by atoms with E-state index in [9.17, 15) is 19.3 Å². The summed E-state index contributed by atoms with van der Waals surface area (Å²) in [6, 6.07) is 3.03. The van der Waals surface area contributed by atoms with Crippen molar-refractivity contribution in [3.05, 3.63) is 38.6 Å². The van der Waals surface area contributed by atoms with Crippen molar-refractivity contribution in [1.29, 1.82) is 5.41 Å². The zero-order chi connectivity index (χ0) is 17.0. The SMILES string of the molecule is N=C(C(=[NH2+])/C(=N\[OH2+])[N+](=O)[O-])N(C(=O)O)c1ccc(F)c(Br)c1. The molecule has 0 aliphatic heterocycles. The monoisotopic (exact) mass is 377 g/mol. The minimum Gasteiger partial charge on any atom is -0.464 e. The molecule has 0 saturated heterocycles. The lowest BCUT2D eigenvalue weighted by atomic mass is 10.2. The van der Waals surface area contributed by atoms with Gasteiger partial charge in [0.15, 0.2) is 0 Å². The average Bonchev–Trinajstić information content (AvgIpc) is 2.42. The van der Waals surface area contributed by atoms with E-state index >= 15 is 0 Å². The number of anilines is 1. The van der Waals surface area contributed by atoms with Crippen LogP contribution in [0.2, 0.25) is 0 Å². The largest absolute Gasteiger partial charge is 0.534 e. The summed E-state index contributed by atoms with van der Waals surface area (Å²) in [4.78, 5) is 21.1. The molecule has 0 aliphatic rings. The number of nitrogens with zero attached hydrogens (tertiary/aromatic N) is 3. The van der Waals surface area contributed by atoms with Crippen LogP contribution in [0.25, 0.3) is 0 Å². The van der Waals surface area contributed by atoms with Gasteiger partial charge in [0, 0.05) is 0 Å². The number of benzene rings is 1. The molecular formula is C10H9BrFN5O5+2. The Kier molecular flexibility index (Phi) is 5.23. The van der Waals surface area contributed by atoms with Crippen LogP contribution < -0.4 is 10.3 Å². The third kappa shape index (κ3) is 3.41. The molecule has 0 aromatic heterocycles. The highest BCUT2D eigenvalue weighted by atomic mass is 79.9. The number of amides is 1. The van der Waals surface area contributed by atoms with Gasteiger partial charge in [0.05, 0.1) is 10.2 Å². The Morgan fingerprint density at radius 2 is 2.18 bits per heavy atom. The summed E-state index contributed by atoms with van der Waals surface area (Å²) in [5.41, 5.74) is -1.11. The van der Waals surface area contributed by atoms with E-state index in [1.54, 1.807) is 0 Å². The first-order valence-corrected chi connectivity index (χ1v) is 6.08. The molecule has 0 saturated carbocycles. The summed E-state index contributed by atoms with van der Waals surface area (Å²) in [5.74, 6) is -2.84. The third-order valence-corrected chi connectivity index (χ3v) is 2.96. The van der Waals surface area contributed by atoms with E-state index in [0.29, 0.717) is 0 Å². The summed E-state index contributed by atoms with van der Waals surface area (Å²) >= 11 is 2.85. The van der Waals surface area contributed by atoms with Crippen molar-refractivity contribution in [3.63, 3.8) is 0 Å². The Morgan fingerprint density at radius 1 is 1.59 bits per heavy atom. The summed E-state index contributed by atoms with van der Waals surface area (Å²) in [5, 5.41) is 42.0. The van der Waals surface area contributed by atoms with E-state index < -0.39 is 34.2 Å². The molecule has 10 nitrogen and oxygen atoms in total. The fraction of sp³-hybridized carbons (Fsp3) is 0. The van der Waals surface area contributed by atoms with Crippen LogP contribution in [0.5, 0.6) is 0 Å². The molecule has 0 atom stereocenters. The van der Waals surface area contributed by atoms with Crippen LogP contribution in [0.15, 0.2) is 27.8 Å². The number of carbonyl (C=O) groups is 1. The molecule has 0 fully saturated rings. The van der Waals surface area contributed by atoms with E-state index in [1.807, 2.05) is 0 Å². The third-order valence-electron chi connectivity index (χ3n) is 2.35. The minimum atomic E-state index is -1.68. The molecule has 0 aliphatic carbocycles. The zero-order valence-electron chi connectivity index (χ0n) is 10.6. The Balaban J connectivity index is 3.29. The first-order valence-electron chi connectivity index (χ1n) is 5.29. The van der Waals surface area contributed by atoms with Gasteiger partial charge in [-0.15, -0.1) is 0 Å². The predicted octanol–water partition coefficient (Wildman–Crippen LogP) is -0.435. The van der Waals surface area contributed by atoms with Gasteiger partial charge in [-0.25, -0.2) is 19.5 Å². The van der Waals surface area contributed by atoms with Crippen LogP contribution in [0, 0.1) is 21.3 Å². The highest BCUT2D eigenvalue weighted by Gasteiger charge is 2.38.